The summed E-state index contributed by atoms with van der Waals surface area (Å²) in [6, 6.07) is 10.4. The van der Waals surface area contributed by atoms with Crippen LogP contribution >= 0.6 is 0 Å². The van der Waals surface area contributed by atoms with Crippen LogP contribution in [0.25, 0.3) is 0 Å². The molecule has 0 aliphatic carbocycles. The molecule has 7 nitrogen and oxygen atoms in total. The van der Waals surface area contributed by atoms with E-state index in [4.69, 9.17) is 15.3 Å². The Morgan fingerprint density at radius 1 is 1.20 bits per heavy atom. The van der Waals surface area contributed by atoms with E-state index in [9.17, 15) is 9.90 Å². The summed E-state index contributed by atoms with van der Waals surface area (Å²) in [6.07, 6.45) is -0.993. The summed E-state index contributed by atoms with van der Waals surface area (Å²) in [5.41, 5.74) is 8.10. The van der Waals surface area contributed by atoms with E-state index in [1.807, 2.05) is 19.1 Å². The van der Waals surface area contributed by atoms with Crippen molar-refractivity contribution in [2.24, 2.45) is 10.9 Å². The van der Waals surface area contributed by atoms with Crippen LogP contribution in [-0.2, 0) is 15.4 Å². The van der Waals surface area contributed by atoms with Crippen molar-refractivity contribution in [3.8, 4) is 5.75 Å². The molecule has 7 heteroatoms. The van der Waals surface area contributed by atoms with Crippen molar-refractivity contribution in [3.05, 3.63) is 58.9 Å². The third kappa shape index (κ3) is 4.47. The molecule has 0 saturated carbocycles. The molecular formula is C18H21N3O4. The zero-order valence-electron chi connectivity index (χ0n) is 14.6. The van der Waals surface area contributed by atoms with Gasteiger partial charge in [-0.05, 0) is 32.9 Å². The van der Waals surface area contributed by atoms with Crippen LogP contribution < -0.4 is 5.73 Å². The van der Waals surface area contributed by atoms with Crippen LogP contribution in [0, 0.1) is 13.8 Å². The van der Waals surface area contributed by atoms with Gasteiger partial charge in [-0.25, -0.2) is 9.78 Å². The van der Waals surface area contributed by atoms with Crippen LogP contribution in [0.4, 0.5) is 4.79 Å². The summed E-state index contributed by atoms with van der Waals surface area (Å²) < 4.78 is 5.13. The molecule has 1 aromatic carbocycles. The maximum Gasteiger partial charge on any atom is 0.408 e. The molecule has 1 atom stereocenters. The lowest BCUT2D eigenvalue weighted by Crippen LogP contribution is -2.33. The number of carbonyl (C=O) groups is 1. The Bertz CT molecular complexity index is 802. The third-order valence-corrected chi connectivity index (χ3v) is 3.58. The van der Waals surface area contributed by atoms with E-state index in [2.05, 4.69) is 10.1 Å². The number of benzene rings is 1. The number of carbonyl (C=O) groups excluding carboxylic acids is 1. The molecule has 25 heavy (non-hydrogen) atoms. The van der Waals surface area contributed by atoms with Gasteiger partial charge in [-0.1, -0.05) is 35.0 Å². The lowest BCUT2D eigenvalue weighted by atomic mass is 10.1. The van der Waals surface area contributed by atoms with Crippen molar-refractivity contribution in [2.75, 3.05) is 0 Å². The van der Waals surface area contributed by atoms with Gasteiger partial charge in [0.05, 0.1) is 0 Å². The monoisotopic (exact) mass is 343 g/mol. The van der Waals surface area contributed by atoms with Gasteiger partial charge in [0.1, 0.15) is 17.2 Å². The van der Waals surface area contributed by atoms with Crippen LogP contribution in [0.3, 0.4) is 0 Å². The molecule has 0 saturated heterocycles. The fraction of sp³-hybridized carbons (Fsp3) is 0.278. The number of nitrogens with two attached hydrogens (primary N) is 1. The summed E-state index contributed by atoms with van der Waals surface area (Å²) in [5.74, 6) is -1.54. The second-order valence-corrected chi connectivity index (χ2v) is 5.82. The van der Waals surface area contributed by atoms with Crippen LogP contribution in [0.1, 0.15) is 36.4 Å². The number of oxime groups is 1. The van der Waals surface area contributed by atoms with Gasteiger partial charge in [0.25, 0.3) is 0 Å². The number of aryl methyl sites for hydroxylation is 2. The smallest absolute Gasteiger partial charge is 0.408 e. The number of nitrogens with zero attached hydrogens (tertiary/aromatic N) is 2. The van der Waals surface area contributed by atoms with Gasteiger partial charge in [-0.3, -0.25) is 0 Å². The molecule has 0 fully saturated rings. The van der Waals surface area contributed by atoms with Crippen molar-refractivity contribution in [1.29, 1.82) is 0 Å². The summed E-state index contributed by atoms with van der Waals surface area (Å²) in [6.45, 7) is 6.89. The molecule has 2 rings (SSSR count). The van der Waals surface area contributed by atoms with Gasteiger partial charge in [-0.2, -0.15) is 0 Å². The number of aromatic hydroxyl groups is 1. The molecule has 1 heterocycles. The molecule has 3 N–H and O–H groups in total. The topological polar surface area (TPSA) is 107 Å². The van der Waals surface area contributed by atoms with E-state index < -0.39 is 11.9 Å². The Labute approximate surface area is 146 Å². The maximum atomic E-state index is 11.3. The summed E-state index contributed by atoms with van der Waals surface area (Å²) in [4.78, 5) is 21.0. The lowest BCUT2D eigenvalue weighted by Gasteiger charge is -2.26. The van der Waals surface area contributed by atoms with Gasteiger partial charge < -0.3 is 20.4 Å². The van der Waals surface area contributed by atoms with Crippen molar-refractivity contribution >= 4 is 11.8 Å². The van der Waals surface area contributed by atoms with Crippen molar-refractivity contribution in [2.45, 2.75) is 33.5 Å². The first-order valence-corrected chi connectivity index (χ1v) is 7.66. The molecule has 1 amide bonds. The predicted molar refractivity (Wildman–Crippen MR) is 93.1 cm³/mol. The van der Waals surface area contributed by atoms with E-state index in [0.29, 0.717) is 11.3 Å². The highest BCUT2D eigenvalue weighted by atomic mass is 16.8. The standard InChI is InChI=1S/C18H21N3O4/c1-11-5-8-14(9-6-11)18(4,24-17(19)23)25-21-13(3)16-15(22)10-7-12(2)20-16/h5-10,22H,1-4H3,(H2,19,23). The molecule has 0 radical (unpaired) electrons. The van der Waals surface area contributed by atoms with E-state index >= 15 is 0 Å². The average Bonchev–Trinajstić information content (AvgIpc) is 2.55. The van der Waals surface area contributed by atoms with Crippen molar-refractivity contribution in [1.82, 2.24) is 4.98 Å². The first kappa shape index (κ1) is 18.3. The summed E-state index contributed by atoms with van der Waals surface area (Å²) >= 11 is 0. The molecule has 0 spiro atoms. The molecule has 2 aromatic rings. The fourth-order valence-electron chi connectivity index (χ4n) is 2.19. The zero-order valence-corrected chi connectivity index (χ0v) is 14.6. The molecule has 1 aromatic heterocycles. The summed E-state index contributed by atoms with van der Waals surface area (Å²) in [7, 11) is 0. The zero-order chi connectivity index (χ0) is 18.6. The number of hydrogen-bond acceptors (Lipinski definition) is 6. The first-order chi connectivity index (χ1) is 11.7. The lowest BCUT2D eigenvalue weighted by molar-refractivity contribution is -0.196. The van der Waals surface area contributed by atoms with E-state index in [1.165, 1.54) is 13.0 Å². The van der Waals surface area contributed by atoms with E-state index in [0.717, 1.165) is 11.3 Å². The molecular weight excluding hydrogens is 322 g/mol. The highest BCUT2D eigenvalue weighted by Gasteiger charge is 2.33. The molecule has 0 bridgehead atoms. The van der Waals surface area contributed by atoms with Crippen molar-refractivity contribution in [3.63, 3.8) is 0 Å². The normalized spacial score (nSPS) is 13.8. The molecule has 0 aliphatic heterocycles. The Balaban J connectivity index is 2.35. The molecule has 1 unspecified atom stereocenters. The second kappa shape index (κ2) is 7.21. The number of ether oxygens (including phenoxy) is 1. The molecule has 0 aliphatic rings. The van der Waals surface area contributed by atoms with Crippen LogP contribution in [0.5, 0.6) is 5.75 Å². The van der Waals surface area contributed by atoms with Gasteiger partial charge >= 0.3 is 11.9 Å². The van der Waals surface area contributed by atoms with Crippen LogP contribution in [0.15, 0.2) is 41.6 Å². The van der Waals surface area contributed by atoms with Gasteiger partial charge in [0.15, 0.2) is 0 Å². The Morgan fingerprint density at radius 2 is 1.84 bits per heavy atom. The van der Waals surface area contributed by atoms with Gasteiger partial charge in [-0.15, -0.1) is 0 Å². The van der Waals surface area contributed by atoms with Gasteiger partial charge in [0, 0.05) is 18.2 Å². The Kier molecular flexibility index (Phi) is 5.26. The quantitative estimate of drug-likeness (QED) is 0.493. The number of rotatable bonds is 5. The minimum Gasteiger partial charge on any atom is -0.506 e. The molecule has 132 valence electrons. The first-order valence-electron chi connectivity index (χ1n) is 7.66. The number of pyridine rings is 1. The largest absolute Gasteiger partial charge is 0.506 e. The van der Waals surface area contributed by atoms with Crippen LogP contribution in [0.2, 0.25) is 0 Å². The number of amides is 1. The second-order valence-electron chi connectivity index (χ2n) is 5.82. The van der Waals surface area contributed by atoms with Crippen LogP contribution in [-0.4, -0.2) is 21.9 Å². The number of primary amides is 1. The average molecular weight is 343 g/mol. The van der Waals surface area contributed by atoms with Gasteiger partial charge in [0.2, 0.25) is 0 Å². The number of hydrogen-bond donors (Lipinski definition) is 2. The third-order valence-electron chi connectivity index (χ3n) is 3.58. The SMILES string of the molecule is CC(=NOC(C)(OC(N)=O)c1ccc(C)cc1)c1nc(C)ccc1O. The Morgan fingerprint density at radius 3 is 2.44 bits per heavy atom. The predicted octanol–water partition coefficient (Wildman–Crippen LogP) is 3.11. The maximum absolute atomic E-state index is 11.3. The highest BCUT2D eigenvalue weighted by molar-refractivity contribution is 5.98. The minimum absolute atomic E-state index is 0.0247. The minimum atomic E-state index is -1.51. The highest BCUT2D eigenvalue weighted by Crippen LogP contribution is 2.28. The van der Waals surface area contributed by atoms with E-state index in [1.54, 1.807) is 32.0 Å². The Hall–Kier alpha value is -3.09. The fourth-order valence-corrected chi connectivity index (χ4v) is 2.19. The van der Waals surface area contributed by atoms with E-state index in [-0.39, 0.29) is 11.4 Å². The summed E-state index contributed by atoms with van der Waals surface area (Å²) in [5, 5.41) is 13.9. The van der Waals surface area contributed by atoms with Crippen molar-refractivity contribution < 1.29 is 19.5 Å². The number of aromatic nitrogens is 1.